The largest absolute Gasteiger partial charge is 0.476 e. The summed E-state index contributed by atoms with van der Waals surface area (Å²) in [6.07, 6.45) is 4.75. The average Bonchev–Trinajstić information content (AvgIpc) is 3.23. The maximum atomic E-state index is 14.6. The number of nitrogens with zero attached hydrogens (tertiary/aromatic N) is 3. The molecule has 0 saturated carbocycles. The van der Waals surface area contributed by atoms with Crippen molar-refractivity contribution in [3.05, 3.63) is 68.7 Å². The first-order chi connectivity index (χ1) is 16.8. The predicted octanol–water partition coefficient (Wildman–Crippen LogP) is 4.67. The molecular weight excluding hydrogens is 475 g/mol. The van der Waals surface area contributed by atoms with E-state index in [4.69, 9.17) is 21.3 Å². The van der Waals surface area contributed by atoms with Gasteiger partial charge in [-0.05, 0) is 61.9 Å². The van der Waals surface area contributed by atoms with Crippen molar-refractivity contribution in [2.45, 2.75) is 38.8 Å². The zero-order valence-electron chi connectivity index (χ0n) is 19.1. The van der Waals surface area contributed by atoms with Gasteiger partial charge in [0.25, 0.3) is 5.56 Å². The summed E-state index contributed by atoms with van der Waals surface area (Å²) in [6, 6.07) is 4.93. The van der Waals surface area contributed by atoms with Crippen molar-refractivity contribution in [2.75, 3.05) is 18.5 Å². The number of halogens is 2. The minimum atomic E-state index is -1.25. The summed E-state index contributed by atoms with van der Waals surface area (Å²) in [5, 5.41) is 12.8. The van der Waals surface area contributed by atoms with E-state index in [1.165, 1.54) is 24.3 Å². The van der Waals surface area contributed by atoms with E-state index in [0.29, 0.717) is 35.8 Å². The highest BCUT2D eigenvalue weighted by atomic mass is 35.5. The molecule has 0 amide bonds. The summed E-state index contributed by atoms with van der Waals surface area (Å²) in [7, 11) is 0. The summed E-state index contributed by atoms with van der Waals surface area (Å²) in [5.41, 5.74) is 1.55. The second-order valence-electron chi connectivity index (χ2n) is 8.88. The summed E-state index contributed by atoms with van der Waals surface area (Å²) in [6.45, 7) is 3.69. The first-order valence-electron chi connectivity index (χ1n) is 11.5. The van der Waals surface area contributed by atoms with Gasteiger partial charge in [-0.2, -0.15) is 0 Å². The lowest BCUT2D eigenvalue weighted by Gasteiger charge is -2.20. The molecule has 0 bridgehead atoms. The molecule has 1 atom stereocenters. The lowest BCUT2D eigenvalue weighted by Crippen LogP contribution is -2.22. The Morgan fingerprint density at radius 3 is 2.83 bits per heavy atom. The number of aromatic nitrogens is 3. The van der Waals surface area contributed by atoms with E-state index in [-0.39, 0.29) is 27.5 Å². The number of carboxylic acid groups (broad SMARTS) is 1. The standard InChI is InChI=1S/C25H24ClFN4O4/c1-13(28-19-2-3-20(26)29-22(19)25(33)34)17-11-16(27)12-18-21(17)30-23-15(4-7-31(23)24(18)32)10-14-5-8-35-9-6-14/h2-3,10-14,28H,4-9H2,1H3,(H,33,34)/t13-/m1/s1. The van der Waals surface area contributed by atoms with Crippen molar-refractivity contribution in [3.8, 4) is 0 Å². The van der Waals surface area contributed by atoms with Crippen LogP contribution in [0.25, 0.3) is 16.5 Å². The van der Waals surface area contributed by atoms with Crippen LogP contribution < -0.4 is 10.9 Å². The number of hydrogen-bond acceptors (Lipinski definition) is 6. The lowest BCUT2D eigenvalue weighted by atomic mass is 9.96. The van der Waals surface area contributed by atoms with Gasteiger partial charge in [-0.25, -0.2) is 19.2 Å². The fourth-order valence-electron chi connectivity index (χ4n) is 4.79. The van der Waals surface area contributed by atoms with Crippen molar-refractivity contribution < 1.29 is 19.0 Å². The van der Waals surface area contributed by atoms with Gasteiger partial charge in [0.15, 0.2) is 5.69 Å². The second kappa shape index (κ2) is 9.39. The molecular formula is C25H24ClFN4O4. The molecule has 1 saturated heterocycles. The smallest absolute Gasteiger partial charge is 0.356 e. The molecule has 10 heteroatoms. The van der Waals surface area contributed by atoms with Crippen LogP contribution in [0, 0.1) is 11.7 Å². The highest BCUT2D eigenvalue weighted by molar-refractivity contribution is 6.29. The Hall–Kier alpha value is -3.30. The fraction of sp³-hybridized carbons (Fsp3) is 0.360. The molecule has 182 valence electrons. The van der Waals surface area contributed by atoms with E-state index >= 15 is 0 Å². The van der Waals surface area contributed by atoms with Gasteiger partial charge in [0, 0.05) is 25.3 Å². The molecule has 4 heterocycles. The Morgan fingerprint density at radius 2 is 2.09 bits per heavy atom. The molecule has 0 unspecified atom stereocenters. The Bertz CT molecular complexity index is 1410. The van der Waals surface area contributed by atoms with Gasteiger partial charge < -0.3 is 15.2 Å². The normalized spacial score (nSPS) is 18.1. The minimum Gasteiger partial charge on any atom is -0.476 e. The first kappa shape index (κ1) is 23.4. The van der Waals surface area contributed by atoms with Gasteiger partial charge in [-0.1, -0.05) is 17.7 Å². The summed E-state index contributed by atoms with van der Waals surface area (Å²) in [5.74, 6) is -0.834. The minimum absolute atomic E-state index is 0.0471. The highest BCUT2D eigenvalue weighted by Gasteiger charge is 2.25. The molecule has 0 radical (unpaired) electrons. The maximum Gasteiger partial charge on any atom is 0.356 e. The highest BCUT2D eigenvalue weighted by Crippen LogP contribution is 2.32. The molecule has 1 fully saturated rings. The number of pyridine rings is 1. The van der Waals surface area contributed by atoms with Gasteiger partial charge in [-0.3, -0.25) is 9.36 Å². The quantitative estimate of drug-likeness (QED) is 0.492. The van der Waals surface area contributed by atoms with E-state index in [1.54, 1.807) is 11.5 Å². The van der Waals surface area contributed by atoms with Crippen molar-refractivity contribution in [1.29, 1.82) is 0 Å². The van der Waals surface area contributed by atoms with E-state index < -0.39 is 17.8 Å². The summed E-state index contributed by atoms with van der Waals surface area (Å²) in [4.78, 5) is 33.7. The number of aromatic carboxylic acids is 1. The monoisotopic (exact) mass is 498 g/mol. The Labute approximate surface area is 205 Å². The molecule has 2 N–H and O–H groups in total. The van der Waals surface area contributed by atoms with Crippen molar-refractivity contribution >= 4 is 39.7 Å². The summed E-state index contributed by atoms with van der Waals surface area (Å²) >= 11 is 5.86. The van der Waals surface area contributed by atoms with Crippen LogP contribution in [0.15, 0.2) is 35.1 Å². The first-order valence-corrected chi connectivity index (χ1v) is 11.9. The van der Waals surface area contributed by atoms with Crippen molar-refractivity contribution in [2.24, 2.45) is 5.92 Å². The summed E-state index contributed by atoms with van der Waals surface area (Å²) < 4.78 is 21.7. The van der Waals surface area contributed by atoms with E-state index in [2.05, 4.69) is 16.4 Å². The Morgan fingerprint density at radius 1 is 1.31 bits per heavy atom. The SMILES string of the molecule is C[C@@H](Nc1ccc(Cl)nc1C(=O)O)c1cc(F)cc2c(=O)n3c(nc12)C(=CC1CCOCC1)CC3. The number of anilines is 1. The Kier molecular flexibility index (Phi) is 6.29. The zero-order chi connectivity index (χ0) is 24.7. The van der Waals surface area contributed by atoms with Crippen molar-refractivity contribution in [3.63, 3.8) is 0 Å². The van der Waals surface area contributed by atoms with Crippen LogP contribution in [0.1, 0.15) is 54.1 Å². The van der Waals surface area contributed by atoms with Crippen LogP contribution in [0.5, 0.6) is 0 Å². The van der Waals surface area contributed by atoms with Crippen LogP contribution in [0.2, 0.25) is 5.15 Å². The van der Waals surface area contributed by atoms with E-state index in [0.717, 1.165) is 31.6 Å². The maximum absolute atomic E-state index is 14.6. The number of carboxylic acids is 1. The molecule has 2 aliphatic heterocycles. The number of allylic oxidation sites excluding steroid dienone is 2. The molecule has 2 aliphatic rings. The topological polar surface area (TPSA) is 106 Å². The zero-order valence-corrected chi connectivity index (χ0v) is 19.8. The van der Waals surface area contributed by atoms with E-state index in [9.17, 15) is 19.1 Å². The molecule has 0 aliphatic carbocycles. The molecule has 2 aromatic heterocycles. The molecule has 0 spiro atoms. The second-order valence-corrected chi connectivity index (χ2v) is 9.26. The predicted molar refractivity (Wildman–Crippen MR) is 130 cm³/mol. The number of hydrogen-bond donors (Lipinski definition) is 2. The number of ether oxygens (including phenoxy) is 1. The van der Waals surface area contributed by atoms with E-state index in [1.807, 2.05) is 0 Å². The van der Waals surface area contributed by atoms with Crippen LogP contribution in [0.3, 0.4) is 0 Å². The van der Waals surface area contributed by atoms with Gasteiger partial charge in [0.1, 0.15) is 16.8 Å². The van der Waals surface area contributed by atoms with Gasteiger partial charge in [-0.15, -0.1) is 0 Å². The molecule has 1 aromatic carbocycles. The van der Waals surface area contributed by atoms with Crippen LogP contribution >= 0.6 is 11.6 Å². The van der Waals surface area contributed by atoms with Crippen molar-refractivity contribution in [1.82, 2.24) is 14.5 Å². The average molecular weight is 499 g/mol. The number of benzene rings is 1. The van der Waals surface area contributed by atoms with Gasteiger partial charge >= 0.3 is 5.97 Å². The number of nitrogens with one attached hydrogen (secondary N) is 1. The van der Waals surface area contributed by atoms with Crippen LogP contribution in [-0.4, -0.2) is 38.8 Å². The third-order valence-electron chi connectivity index (χ3n) is 6.55. The molecule has 3 aromatic rings. The molecule has 35 heavy (non-hydrogen) atoms. The number of fused-ring (bicyclic) bond motifs is 2. The van der Waals surface area contributed by atoms with Gasteiger partial charge in [0.2, 0.25) is 0 Å². The third-order valence-corrected chi connectivity index (χ3v) is 6.76. The third kappa shape index (κ3) is 4.53. The number of rotatable bonds is 5. The van der Waals surface area contributed by atoms with Gasteiger partial charge in [0.05, 0.1) is 22.6 Å². The molecule has 8 nitrogen and oxygen atoms in total. The molecule has 5 rings (SSSR count). The number of carbonyl (C=O) groups is 1. The Balaban J connectivity index is 1.59. The van der Waals surface area contributed by atoms with Crippen LogP contribution in [-0.2, 0) is 11.3 Å². The lowest BCUT2D eigenvalue weighted by molar-refractivity contribution is 0.0691. The fourth-order valence-corrected chi connectivity index (χ4v) is 4.94. The van der Waals surface area contributed by atoms with Crippen LogP contribution in [0.4, 0.5) is 10.1 Å².